The molecule has 16 heavy (non-hydrogen) atoms. The molecule has 0 bridgehead atoms. The number of hydrogen-bond acceptors (Lipinski definition) is 1. The first-order valence-corrected chi connectivity index (χ1v) is 5.45. The summed E-state index contributed by atoms with van der Waals surface area (Å²) in [7, 11) is 0. The summed E-state index contributed by atoms with van der Waals surface area (Å²) in [6, 6.07) is 5.45. The van der Waals surface area contributed by atoms with Gasteiger partial charge in [-0.1, -0.05) is 17.7 Å². The van der Waals surface area contributed by atoms with Gasteiger partial charge < -0.3 is 9.67 Å². The minimum Gasteiger partial charge on any atom is -0.477 e. The van der Waals surface area contributed by atoms with Crippen molar-refractivity contribution in [1.29, 1.82) is 0 Å². The third-order valence-corrected chi connectivity index (χ3v) is 3.03. The summed E-state index contributed by atoms with van der Waals surface area (Å²) in [4.78, 5) is 11.2. The second kappa shape index (κ2) is 3.83. The zero-order valence-electron chi connectivity index (χ0n) is 9.12. The molecule has 3 nitrogen and oxygen atoms in total. The van der Waals surface area contributed by atoms with E-state index in [0.29, 0.717) is 17.3 Å². The molecular weight excluding hydrogens is 226 g/mol. The minimum atomic E-state index is -0.897. The first-order valence-electron chi connectivity index (χ1n) is 5.08. The average Bonchev–Trinajstić information content (AvgIpc) is 2.50. The van der Waals surface area contributed by atoms with Crippen molar-refractivity contribution in [3.05, 3.63) is 34.5 Å². The molecule has 0 aliphatic carbocycles. The van der Waals surface area contributed by atoms with Crippen molar-refractivity contribution < 1.29 is 9.90 Å². The number of fused-ring (bicyclic) bond motifs is 1. The first kappa shape index (κ1) is 11.0. The number of halogens is 1. The van der Waals surface area contributed by atoms with Crippen LogP contribution >= 0.6 is 11.6 Å². The van der Waals surface area contributed by atoms with Crippen LogP contribution in [0.1, 0.15) is 23.0 Å². The number of carbonyl (C=O) groups is 1. The molecule has 84 valence electrons. The van der Waals surface area contributed by atoms with E-state index in [1.807, 2.05) is 19.9 Å². The van der Waals surface area contributed by atoms with E-state index in [4.69, 9.17) is 11.6 Å². The van der Waals surface area contributed by atoms with Crippen molar-refractivity contribution in [1.82, 2.24) is 4.57 Å². The molecule has 0 saturated carbocycles. The Kier molecular flexibility index (Phi) is 2.64. The van der Waals surface area contributed by atoms with Crippen LogP contribution in [0.5, 0.6) is 0 Å². The molecule has 0 aliphatic rings. The van der Waals surface area contributed by atoms with E-state index in [9.17, 15) is 9.90 Å². The molecule has 1 aromatic carbocycles. The van der Waals surface area contributed by atoms with Gasteiger partial charge in [-0.15, -0.1) is 0 Å². The lowest BCUT2D eigenvalue weighted by molar-refractivity contribution is 0.0685. The van der Waals surface area contributed by atoms with Crippen LogP contribution in [0, 0.1) is 6.92 Å². The van der Waals surface area contributed by atoms with Gasteiger partial charge in [0.05, 0.1) is 5.52 Å². The van der Waals surface area contributed by atoms with Gasteiger partial charge in [0.25, 0.3) is 0 Å². The number of nitrogens with zero attached hydrogens (tertiary/aromatic N) is 1. The Morgan fingerprint density at radius 1 is 1.50 bits per heavy atom. The Balaban J connectivity index is 2.91. The summed E-state index contributed by atoms with van der Waals surface area (Å²) in [5.41, 5.74) is 2.02. The highest BCUT2D eigenvalue weighted by atomic mass is 35.5. The van der Waals surface area contributed by atoms with Crippen molar-refractivity contribution in [2.24, 2.45) is 0 Å². The number of hydrogen-bond donors (Lipinski definition) is 1. The second-order valence-electron chi connectivity index (χ2n) is 3.68. The molecule has 0 fully saturated rings. The number of carboxylic acids is 1. The van der Waals surface area contributed by atoms with Gasteiger partial charge in [0.1, 0.15) is 5.69 Å². The van der Waals surface area contributed by atoms with Gasteiger partial charge in [0.2, 0.25) is 0 Å². The fourth-order valence-electron chi connectivity index (χ4n) is 2.10. The van der Waals surface area contributed by atoms with Crippen molar-refractivity contribution in [3.8, 4) is 0 Å². The van der Waals surface area contributed by atoms with Crippen molar-refractivity contribution >= 4 is 28.5 Å². The molecule has 0 spiro atoms. The van der Waals surface area contributed by atoms with Crippen LogP contribution in [0.2, 0.25) is 5.02 Å². The average molecular weight is 238 g/mol. The molecule has 0 saturated heterocycles. The Labute approximate surface area is 98.3 Å². The summed E-state index contributed by atoms with van der Waals surface area (Å²) >= 11 is 5.93. The van der Waals surface area contributed by atoms with E-state index in [1.165, 1.54) is 0 Å². The quantitative estimate of drug-likeness (QED) is 0.871. The number of aromatic carboxylic acids is 1. The Hall–Kier alpha value is -1.48. The number of carboxylic acid groups (broad SMARTS) is 1. The fraction of sp³-hybridized carbons (Fsp3) is 0.250. The molecule has 4 heteroatoms. The maximum absolute atomic E-state index is 11.2. The summed E-state index contributed by atoms with van der Waals surface area (Å²) < 4.78 is 1.78. The van der Waals surface area contributed by atoms with Gasteiger partial charge in [0.15, 0.2) is 0 Å². The SMILES string of the molecule is CCn1c(C(=O)O)c(C)c2ccc(Cl)cc21. The molecular formula is C12H12ClNO2. The molecule has 2 rings (SSSR count). The fourth-order valence-corrected chi connectivity index (χ4v) is 2.27. The molecule has 1 N–H and O–H groups in total. The van der Waals surface area contributed by atoms with E-state index in [0.717, 1.165) is 16.5 Å². The molecule has 1 heterocycles. The van der Waals surface area contributed by atoms with Crippen LogP contribution in [-0.2, 0) is 6.54 Å². The largest absolute Gasteiger partial charge is 0.477 e. The third kappa shape index (κ3) is 1.48. The second-order valence-corrected chi connectivity index (χ2v) is 4.12. The highest BCUT2D eigenvalue weighted by Crippen LogP contribution is 2.28. The molecule has 0 atom stereocenters. The molecule has 0 radical (unpaired) electrons. The standard InChI is InChI=1S/C12H12ClNO2/c1-3-14-10-6-8(13)4-5-9(10)7(2)11(14)12(15)16/h4-6H,3H2,1-2H3,(H,15,16). The summed E-state index contributed by atoms with van der Waals surface area (Å²) in [5.74, 6) is -0.897. The predicted molar refractivity (Wildman–Crippen MR) is 64.3 cm³/mol. The Bertz CT molecular complexity index is 572. The van der Waals surface area contributed by atoms with Crippen molar-refractivity contribution in [3.63, 3.8) is 0 Å². The maximum Gasteiger partial charge on any atom is 0.352 e. The zero-order valence-corrected chi connectivity index (χ0v) is 9.88. The lowest BCUT2D eigenvalue weighted by Crippen LogP contribution is -2.08. The lowest BCUT2D eigenvalue weighted by Gasteiger charge is -2.04. The smallest absolute Gasteiger partial charge is 0.352 e. The minimum absolute atomic E-state index is 0.347. The predicted octanol–water partition coefficient (Wildman–Crippen LogP) is 3.32. The van der Waals surface area contributed by atoms with Crippen LogP contribution in [0.4, 0.5) is 0 Å². The van der Waals surface area contributed by atoms with E-state index >= 15 is 0 Å². The van der Waals surface area contributed by atoms with Crippen LogP contribution in [-0.4, -0.2) is 15.6 Å². The highest BCUT2D eigenvalue weighted by molar-refractivity contribution is 6.31. The summed E-state index contributed by atoms with van der Waals surface area (Å²) in [5, 5.41) is 10.8. The van der Waals surface area contributed by atoms with Crippen LogP contribution in [0.15, 0.2) is 18.2 Å². The first-order chi connectivity index (χ1) is 7.56. The van der Waals surface area contributed by atoms with Crippen LogP contribution in [0.3, 0.4) is 0 Å². The van der Waals surface area contributed by atoms with Gasteiger partial charge in [-0.05, 0) is 31.5 Å². The third-order valence-electron chi connectivity index (χ3n) is 2.80. The number of aryl methyl sites for hydroxylation is 2. The number of benzene rings is 1. The van der Waals surface area contributed by atoms with Gasteiger partial charge in [-0.3, -0.25) is 0 Å². The van der Waals surface area contributed by atoms with Gasteiger partial charge in [0, 0.05) is 17.0 Å². The molecule has 0 unspecified atom stereocenters. The van der Waals surface area contributed by atoms with E-state index < -0.39 is 5.97 Å². The van der Waals surface area contributed by atoms with Gasteiger partial charge in [-0.25, -0.2) is 4.79 Å². The van der Waals surface area contributed by atoms with Crippen molar-refractivity contribution in [2.45, 2.75) is 20.4 Å². The maximum atomic E-state index is 11.2. The normalized spacial score (nSPS) is 10.9. The van der Waals surface area contributed by atoms with Gasteiger partial charge in [-0.2, -0.15) is 0 Å². The Morgan fingerprint density at radius 3 is 2.75 bits per heavy atom. The monoisotopic (exact) mass is 237 g/mol. The number of aromatic nitrogens is 1. The van der Waals surface area contributed by atoms with E-state index in [-0.39, 0.29) is 0 Å². The topological polar surface area (TPSA) is 42.2 Å². The Morgan fingerprint density at radius 2 is 2.19 bits per heavy atom. The van der Waals surface area contributed by atoms with Crippen molar-refractivity contribution in [2.75, 3.05) is 0 Å². The van der Waals surface area contributed by atoms with Crippen LogP contribution in [0.25, 0.3) is 10.9 Å². The molecule has 0 amide bonds. The highest BCUT2D eigenvalue weighted by Gasteiger charge is 2.18. The van der Waals surface area contributed by atoms with E-state index in [1.54, 1.807) is 16.7 Å². The summed E-state index contributed by atoms with van der Waals surface area (Å²) in [6.07, 6.45) is 0. The molecule has 1 aromatic heterocycles. The zero-order chi connectivity index (χ0) is 11.9. The van der Waals surface area contributed by atoms with E-state index in [2.05, 4.69) is 0 Å². The van der Waals surface area contributed by atoms with Gasteiger partial charge >= 0.3 is 5.97 Å². The molecule has 0 aliphatic heterocycles. The summed E-state index contributed by atoms with van der Waals surface area (Å²) in [6.45, 7) is 4.37. The lowest BCUT2D eigenvalue weighted by atomic mass is 10.1. The molecule has 2 aromatic rings. The number of rotatable bonds is 2. The van der Waals surface area contributed by atoms with Crippen LogP contribution < -0.4 is 0 Å².